The highest BCUT2D eigenvalue weighted by atomic mass is 127. The molecule has 72 valence electrons. The summed E-state index contributed by atoms with van der Waals surface area (Å²) in [5.74, 6) is 0. The van der Waals surface area contributed by atoms with Crippen molar-refractivity contribution in [1.82, 2.24) is 0 Å². The van der Waals surface area contributed by atoms with Gasteiger partial charge in [-0.25, -0.2) is 0 Å². The van der Waals surface area contributed by atoms with Crippen LogP contribution in [-0.2, 0) is 0 Å². The smallest absolute Gasteiger partial charge is 0.129 e. The highest BCUT2D eigenvalue weighted by Gasteiger charge is 2.13. The first-order valence-electron chi connectivity index (χ1n) is 4.33. The number of halogens is 1. The predicted molar refractivity (Wildman–Crippen MR) is 61.8 cm³/mol. The SMILES string of the molecule is C[NH+](C)C[C@H](O)c1ccccc1I. The highest BCUT2D eigenvalue weighted by molar-refractivity contribution is 14.1. The van der Waals surface area contributed by atoms with Crippen molar-refractivity contribution in [1.29, 1.82) is 0 Å². The molecule has 2 N–H and O–H groups in total. The molecule has 0 spiro atoms. The maximum absolute atomic E-state index is 9.85. The van der Waals surface area contributed by atoms with Crippen LogP contribution in [-0.4, -0.2) is 25.7 Å². The topological polar surface area (TPSA) is 24.7 Å². The summed E-state index contributed by atoms with van der Waals surface area (Å²) < 4.78 is 1.13. The van der Waals surface area contributed by atoms with Crippen LogP contribution in [0.3, 0.4) is 0 Å². The summed E-state index contributed by atoms with van der Waals surface area (Å²) in [7, 11) is 4.08. The second-order valence-electron chi connectivity index (χ2n) is 3.45. The summed E-state index contributed by atoms with van der Waals surface area (Å²) in [5, 5.41) is 9.85. The molecule has 0 aliphatic rings. The van der Waals surface area contributed by atoms with Gasteiger partial charge in [0.05, 0.1) is 14.1 Å². The van der Waals surface area contributed by atoms with Gasteiger partial charge in [0.15, 0.2) is 0 Å². The van der Waals surface area contributed by atoms with Gasteiger partial charge < -0.3 is 10.0 Å². The lowest BCUT2D eigenvalue weighted by molar-refractivity contribution is -0.862. The molecule has 13 heavy (non-hydrogen) atoms. The first kappa shape index (κ1) is 10.9. The van der Waals surface area contributed by atoms with Gasteiger partial charge in [-0.2, -0.15) is 0 Å². The Kier molecular flexibility index (Phi) is 4.15. The second-order valence-corrected chi connectivity index (χ2v) is 4.61. The molecule has 0 aliphatic heterocycles. The fraction of sp³-hybridized carbons (Fsp3) is 0.400. The molecule has 0 saturated heterocycles. The molecule has 0 saturated carbocycles. The molecule has 0 amide bonds. The number of benzene rings is 1. The van der Waals surface area contributed by atoms with Crippen molar-refractivity contribution < 1.29 is 10.0 Å². The molecule has 3 heteroatoms. The number of aliphatic hydroxyl groups is 1. The van der Waals surface area contributed by atoms with Crippen molar-refractivity contribution in [2.75, 3.05) is 20.6 Å². The molecule has 0 aliphatic carbocycles. The van der Waals surface area contributed by atoms with Crippen molar-refractivity contribution in [2.24, 2.45) is 0 Å². The van der Waals surface area contributed by atoms with Crippen LogP contribution < -0.4 is 4.90 Å². The number of aliphatic hydroxyl groups excluding tert-OH is 1. The molecule has 0 fully saturated rings. The zero-order chi connectivity index (χ0) is 9.84. The molecular weight excluding hydrogens is 277 g/mol. The summed E-state index contributed by atoms with van der Waals surface area (Å²) in [6, 6.07) is 7.95. The third-order valence-electron chi connectivity index (χ3n) is 1.87. The van der Waals surface area contributed by atoms with E-state index in [0.29, 0.717) is 0 Å². The van der Waals surface area contributed by atoms with E-state index in [-0.39, 0.29) is 6.10 Å². The van der Waals surface area contributed by atoms with Gasteiger partial charge >= 0.3 is 0 Å². The van der Waals surface area contributed by atoms with E-state index >= 15 is 0 Å². The van der Waals surface area contributed by atoms with Crippen LogP contribution >= 0.6 is 22.6 Å². The van der Waals surface area contributed by atoms with E-state index in [1.165, 1.54) is 4.90 Å². The van der Waals surface area contributed by atoms with E-state index in [4.69, 9.17) is 0 Å². The van der Waals surface area contributed by atoms with Gasteiger partial charge in [-0.1, -0.05) is 18.2 Å². The largest absolute Gasteiger partial charge is 0.382 e. The maximum Gasteiger partial charge on any atom is 0.129 e. The number of likely N-dealkylation sites (N-methyl/N-ethyl adjacent to an activating group) is 1. The molecule has 0 unspecified atom stereocenters. The Bertz CT molecular complexity index is 275. The molecule has 0 bridgehead atoms. The van der Waals surface area contributed by atoms with Gasteiger partial charge in [0.2, 0.25) is 0 Å². The van der Waals surface area contributed by atoms with Gasteiger partial charge in [0, 0.05) is 3.57 Å². The lowest BCUT2D eigenvalue weighted by Crippen LogP contribution is -3.06. The van der Waals surface area contributed by atoms with Crippen molar-refractivity contribution in [2.45, 2.75) is 6.10 Å². The zero-order valence-corrected chi connectivity index (χ0v) is 10.1. The van der Waals surface area contributed by atoms with Crippen LogP contribution in [0.4, 0.5) is 0 Å². The van der Waals surface area contributed by atoms with Crippen LogP contribution in [0.5, 0.6) is 0 Å². The predicted octanol–water partition coefficient (Wildman–Crippen LogP) is 0.469. The van der Waals surface area contributed by atoms with Gasteiger partial charge in [-0.15, -0.1) is 0 Å². The van der Waals surface area contributed by atoms with E-state index in [0.717, 1.165) is 15.7 Å². The first-order chi connectivity index (χ1) is 6.11. The standard InChI is InChI=1S/C10H14INO/c1-12(2)7-10(13)8-5-3-4-6-9(8)11/h3-6,10,13H,7H2,1-2H3/p+1/t10-/m0/s1. The molecule has 1 rings (SSSR count). The Morgan fingerprint density at radius 2 is 2.00 bits per heavy atom. The minimum Gasteiger partial charge on any atom is -0.382 e. The molecule has 2 nitrogen and oxygen atoms in total. The molecule has 1 atom stereocenters. The van der Waals surface area contributed by atoms with Gasteiger partial charge in [-0.05, 0) is 34.2 Å². The number of nitrogens with one attached hydrogen (secondary N) is 1. The Labute approximate surface area is 92.7 Å². The highest BCUT2D eigenvalue weighted by Crippen LogP contribution is 2.18. The summed E-state index contributed by atoms with van der Waals surface area (Å²) in [4.78, 5) is 1.26. The Morgan fingerprint density at radius 3 is 2.54 bits per heavy atom. The van der Waals surface area contributed by atoms with Gasteiger partial charge in [0.1, 0.15) is 12.6 Å². The molecule has 1 aromatic rings. The van der Waals surface area contributed by atoms with Crippen LogP contribution in [0.25, 0.3) is 0 Å². The normalized spacial score (nSPS) is 13.3. The number of hydrogen-bond donors (Lipinski definition) is 2. The third kappa shape index (κ3) is 3.25. The van der Waals surface area contributed by atoms with E-state index < -0.39 is 0 Å². The summed E-state index contributed by atoms with van der Waals surface area (Å²) in [6.45, 7) is 0.750. The summed E-state index contributed by atoms with van der Waals surface area (Å²) in [5.41, 5.74) is 1.03. The summed E-state index contributed by atoms with van der Waals surface area (Å²) >= 11 is 2.25. The van der Waals surface area contributed by atoms with Crippen LogP contribution in [0.1, 0.15) is 11.7 Å². The van der Waals surface area contributed by atoms with Crippen molar-refractivity contribution in [3.8, 4) is 0 Å². The Balaban J connectivity index is 2.76. The molecule has 0 radical (unpaired) electrons. The maximum atomic E-state index is 9.85. The minimum absolute atomic E-state index is 0.349. The van der Waals surface area contributed by atoms with Crippen molar-refractivity contribution >= 4 is 22.6 Å². The second kappa shape index (κ2) is 4.93. The van der Waals surface area contributed by atoms with Crippen molar-refractivity contribution in [3.63, 3.8) is 0 Å². The Hall–Kier alpha value is -0.130. The minimum atomic E-state index is -0.349. The average molecular weight is 292 g/mol. The van der Waals surface area contributed by atoms with Crippen LogP contribution in [0.15, 0.2) is 24.3 Å². The number of quaternary nitrogens is 1. The fourth-order valence-corrected chi connectivity index (χ4v) is 1.99. The monoisotopic (exact) mass is 292 g/mol. The molecule has 0 aromatic heterocycles. The summed E-state index contributed by atoms with van der Waals surface area (Å²) in [6.07, 6.45) is -0.349. The Morgan fingerprint density at radius 1 is 1.38 bits per heavy atom. The quantitative estimate of drug-likeness (QED) is 0.778. The van der Waals surface area contributed by atoms with Crippen molar-refractivity contribution in [3.05, 3.63) is 33.4 Å². The number of rotatable bonds is 3. The van der Waals surface area contributed by atoms with Gasteiger partial charge in [-0.3, -0.25) is 0 Å². The third-order valence-corrected chi connectivity index (χ3v) is 2.85. The van der Waals surface area contributed by atoms with E-state index in [2.05, 4.69) is 22.6 Å². The molecule has 1 aromatic carbocycles. The van der Waals surface area contributed by atoms with Crippen LogP contribution in [0.2, 0.25) is 0 Å². The van der Waals surface area contributed by atoms with Gasteiger partial charge in [0.25, 0.3) is 0 Å². The van der Waals surface area contributed by atoms with E-state index in [1.54, 1.807) is 0 Å². The molecule has 0 heterocycles. The lowest BCUT2D eigenvalue weighted by atomic mass is 10.1. The van der Waals surface area contributed by atoms with E-state index in [9.17, 15) is 5.11 Å². The first-order valence-corrected chi connectivity index (χ1v) is 5.40. The zero-order valence-electron chi connectivity index (χ0n) is 7.92. The fourth-order valence-electron chi connectivity index (χ4n) is 1.24. The lowest BCUT2D eigenvalue weighted by Gasteiger charge is -2.14. The molecular formula is C10H15INO+. The van der Waals surface area contributed by atoms with E-state index in [1.807, 2.05) is 38.4 Å². The average Bonchev–Trinajstić information content (AvgIpc) is 2.03. The van der Waals surface area contributed by atoms with Crippen LogP contribution in [0, 0.1) is 3.57 Å². The number of hydrogen-bond acceptors (Lipinski definition) is 1.